The molecule has 0 aromatic heterocycles. The van der Waals surface area contributed by atoms with Crippen molar-refractivity contribution in [1.82, 2.24) is 0 Å². The van der Waals surface area contributed by atoms with Crippen molar-refractivity contribution in [3.05, 3.63) is 0 Å². The van der Waals surface area contributed by atoms with Crippen LogP contribution in [0.3, 0.4) is 0 Å². The van der Waals surface area contributed by atoms with E-state index in [0.717, 1.165) is 5.75 Å². The monoisotopic (exact) mass is 146 g/mol. The van der Waals surface area contributed by atoms with E-state index in [0.29, 0.717) is 11.2 Å². The molecule has 54 valence electrons. The molecule has 1 saturated heterocycles. The van der Waals surface area contributed by atoms with Crippen molar-refractivity contribution in [3.63, 3.8) is 0 Å². The molecule has 0 radical (unpaired) electrons. The first-order chi connectivity index (χ1) is 4.22. The quantitative estimate of drug-likeness (QED) is 0.548. The summed E-state index contributed by atoms with van der Waals surface area (Å²) in [5.41, 5.74) is 0. The molecule has 1 nitrogen and oxygen atoms in total. The topological polar surface area (TPSA) is 17.1 Å². The van der Waals surface area contributed by atoms with Crippen LogP contribution < -0.4 is 0 Å². The molecule has 0 aliphatic carbocycles. The van der Waals surface area contributed by atoms with Crippen LogP contribution in [0.4, 0.5) is 0 Å². The van der Waals surface area contributed by atoms with Crippen LogP contribution in [0.25, 0.3) is 0 Å². The van der Waals surface area contributed by atoms with Crippen molar-refractivity contribution in [3.8, 4) is 0 Å². The Morgan fingerprint density at radius 1 is 1.56 bits per heavy atom. The maximum absolute atomic E-state index is 11.1. The van der Waals surface area contributed by atoms with Crippen molar-refractivity contribution < 1.29 is 4.21 Å². The Morgan fingerprint density at radius 2 is 2.22 bits per heavy atom. The van der Waals surface area contributed by atoms with E-state index < -0.39 is 10.8 Å². The van der Waals surface area contributed by atoms with Gasteiger partial charge in [0.25, 0.3) is 0 Å². The summed E-state index contributed by atoms with van der Waals surface area (Å²) in [6.07, 6.45) is 2.36. The van der Waals surface area contributed by atoms with Gasteiger partial charge >= 0.3 is 0 Å². The lowest BCUT2D eigenvalue weighted by Crippen LogP contribution is -2.15. The van der Waals surface area contributed by atoms with Gasteiger partial charge < -0.3 is 0 Å². The van der Waals surface area contributed by atoms with Gasteiger partial charge in [-0.2, -0.15) is 0 Å². The molecular formula is C7H14OS. The Bertz CT molecular complexity index is 120. The SMILES string of the molecule is CC(C)[C@@H]1CCCS1=O. The van der Waals surface area contributed by atoms with Crippen LogP contribution >= 0.6 is 0 Å². The lowest BCUT2D eigenvalue weighted by atomic mass is 10.1. The molecule has 1 aliphatic rings. The van der Waals surface area contributed by atoms with Crippen LogP contribution in [0.2, 0.25) is 0 Å². The van der Waals surface area contributed by atoms with Gasteiger partial charge in [0.05, 0.1) is 0 Å². The standard InChI is InChI=1S/C7H14OS/c1-6(2)7-4-3-5-9(7)8/h6-7H,3-5H2,1-2H3/t7-,9?/m0/s1. The molecule has 0 aromatic rings. The van der Waals surface area contributed by atoms with Crippen molar-refractivity contribution in [2.45, 2.75) is 31.9 Å². The van der Waals surface area contributed by atoms with Gasteiger partial charge in [-0.3, -0.25) is 4.21 Å². The van der Waals surface area contributed by atoms with Crippen LogP contribution in [0, 0.1) is 5.92 Å². The minimum absolute atomic E-state index is 0.491. The third kappa shape index (κ3) is 1.54. The van der Waals surface area contributed by atoms with Crippen molar-refractivity contribution in [1.29, 1.82) is 0 Å². The zero-order valence-electron chi connectivity index (χ0n) is 6.09. The van der Waals surface area contributed by atoms with E-state index in [1.165, 1.54) is 12.8 Å². The molecule has 1 fully saturated rings. The first kappa shape index (κ1) is 7.26. The van der Waals surface area contributed by atoms with Crippen molar-refractivity contribution in [2.75, 3.05) is 5.75 Å². The van der Waals surface area contributed by atoms with Crippen LogP contribution in [0.1, 0.15) is 26.7 Å². The Labute approximate surface area is 59.3 Å². The molecule has 0 bridgehead atoms. The summed E-state index contributed by atoms with van der Waals surface area (Å²) in [6, 6.07) is 0. The molecule has 9 heavy (non-hydrogen) atoms. The third-order valence-electron chi connectivity index (χ3n) is 1.92. The first-order valence-electron chi connectivity index (χ1n) is 3.59. The molecule has 1 aliphatic heterocycles. The van der Waals surface area contributed by atoms with E-state index in [4.69, 9.17) is 0 Å². The first-order valence-corrected chi connectivity index (χ1v) is 4.97. The summed E-state index contributed by atoms with van der Waals surface area (Å²) in [7, 11) is -0.491. The molecule has 2 heteroatoms. The van der Waals surface area contributed by atoms with Gasteiger partial charge in [-0.05, 0) is 18.8 Å². The minimum atomic E-state index is -0.491. The zero-order chi connectivity index (χ0) is 6.85. The smallest absolute Gasteiger partial charge is 0.0371 e. The fourth-order valence-electron chi connectivity index (χ4n) is 1.35. The number of rotatable bonds is 1. The van der Waals surface area contributed by atoms with Gasteiger partial charge in [-0.15, -0.1) is 0 Å². The Hall–Kier alpha value is 0.150. The van der Waals surface area contributed by atoms with Gasteiger partial charge in [-0.1, -0.05) is 13.8 Å². The lowest BCUT2D eigenvalue weighted by molar-refractivity contribution is 0.572. The molecule has 1 unspecified atom stereocenters. The van der Waals surface area contributed by atoms with Crippen LogP contribution in [-0.4, -0.2) is 15.2 Å². The van der Waals surface area contributed by atoms with Crippen LogP contribution in [-0.2, 0) is 10.8 Å². The minimum Gasteiger partial charge on any atom is -0.259 e. The molecule has 0 saturated carbocycles. The fourth-order valence-corrected chi connectivity index (χ4v) is 3.14. The van der Waals surface area contributed by atoms with E-state index in [-0.39, 0.29) is 0 Å². The van der Waals surface area contributed by atoms with Crippen LogP contribution in [0.15, 0.2) is 0 Å². The summed E-state index contributed by atoms with van der Waals surface area (Å²) in [5.74, 6) is 1.57. The lowest BCUT2D eigenvalue weighted by Gasteiger charge is -2.10. The molecule has 0 N–H and O–H groups in total. The molecule has 1 rings (SSSR count). The average Bonchev–Trinajstić information content (AvgIpc) is 2.13. The third-order valence-corrected chi connectivity index (χ3v) is 4.06. The Kier molecular flexibility index (Phi) is 2.28. The second-order valence-electron chi connectivity index (χ2n) is 3.01. The predicted molar refractivity (Wildman–Crippen MR) is 40.9 cm³/mol. The summed E-state index contributed by atoms with van der Waals surface area (Å²) in [4.78, 5) is 0. The number of hydrogen-bond acceptors (Lipinski definition) is 1. The maximum Gasteiger partial charge on any atom is 0.0371 e. The molecule has 1 heterocycles. The Morgan fingerprint density at radius 3 is 2.44 bits per heavy atom. The van der Waals surface area contributed by atoms with E-state index >= 15 is 0 Å². The highest BCUT2D eigenvalue weighted by Crippen LogP contribution is 2.22. The normalized spacial score (nSPS) is 35.9. The van der Waals surface area contributed by atoms with Gasteiger partial charge in [-0.25, -0.2) is 0 Å². The average molecular weight is 146 g/mol. The number of hydrogen-bond donors (Lipinski definition) is 0. The molecule has 2 atom stereocenters. The van der Waals surface area contributed by atoms with Crippen molar-refractivity contribution >= 4 is 10.8 Å². The van der Waals surface area contributed by atoms with Gasteiger partial charge in [0.1, 0.15) is 0 Å². The second-order valence-corrected chi connectivity index (χ2v) is 4.78. The highest BCUT2D eigenvalue weighted by molar-refractivity contribution is 7.85. The maximum atomic E-state index is 11.1. The van der Waals surface area contributed by atoms with Gasteiger partial charge in [0, 0.05) is 21.8 Å². The molecular weight excluding hydrogens is 132 g/mol. The highest BCUT2D eigenvalue weighted by Gasteiger charge is 2.25. The summed E-state index contributed by atoms with van der Waals surface area (Å²) < 4.78 is 11.1. The van der Waals surface area contributed by atoms with E-state index in [1.54, 1.807) is 0 Å². The molecule has 0 spiro atoms. The van der Waals surface area contributed by atoms with Crippen molar-refractivity contribution in [2.24, 2.45) is 5.92 Å². The van der Waals surface area contributed by atoms with E-state index in [9.17, 15) is 4.21 Å². The Balaban J connectivity index is 2.49. The predicted octanol–water partition coefficient (Wildman–Crippen LogP) is 1.55. The summed E-state index contributed by atoms with van der Waals surface area (Å²) in [5, 5.41) is 0.505. The molecule has 0 aromatic carbocycles. The summed E-state index contributed by atoms with van der Waals surface area (Å²) in [6.45, 7) is 4.32. The zero-order valence-corrected chi connectivity index (χ0v) is 6.91. The highest BCUT2D eigenvalue weighted by atomic mass is 32.2. The largest absolute Gasteiger partial charge is 0.259 e. The van der Waals surface area contributed by atoms with Gasteiger partial charge in [0.2, 0.25) is 0 Å². The van der Waals surface area contributed by atoms with E-state index in [2.05, 4.69) is 13.8 Å². The molecule has 0 amide bonds. The van der Waals surface area contributed by atoms with E-state index in [1.807, 2.05) is 0 Å². The summed E-state index contributed by atoms with van der Waals surface area (Å²) >= 11 is 0. The van der Waals surface area contributed by atoms with Gasteiger partial charge in [0.15, 0.2) is 0 Å². The second kappa shape index (κ2) is 2.82. The van der Waals surface area contributed by atoms with Crippen LogP contribution in [0.5, 0.6) is 0 Å². The fraction of sp³-hybridized carbons (Fsp3) is 1.00.